The maximum absolute atomic E-state index is 13.8. The Labute approximate surface area is 252 Å². The monoisotopic (exact) mass is 575 g/mol. The van der Waals surface area contributed by atoms with Crippen molar-refractivity contribution in [3.63, 3.8) is 0 Å². The van der Waals surface area contributed by atoms with Gasteiger partial charge in [-0.05, 0) is 79.5 Å². The number of carbonyl (C=O) groups excluding carboxylic acids is 2. The van der Waals surface area contributed by atoms with E-state index in [0.29, 0.717) is 41.8 Å². The first-order valence-electron chi connectivity index (χ1n) is 15.6. The Morgan fingerprint density at radius 3 is 2.39 bits per heavy atom. The molecule has 1 saturated heterocycles. The molecule has 0 aromatic heterocycles. The molecule has 2 unspecified atom stereocenters. The molecule has 41 heavy (non-hydrogen) atoms. The minimum absolute atomic E-state index is 0.0407. The summed E-state index contributed by atoms with van der Waals surface area (Å²) >= 11 is 1.76. The van der Waals surface area contributed by atoms with Gasteiger partial charge in [-0.1, -0.05) is 76.9 Å². The summed E-state index contributed by atoms with van der Waals surface area (Å²) < 4.78 is 0. The van der Waals surface area contributed by atoms with Gasteiger partial charge < -0.3 is 15.1 Å². The molecule has 0 bridgehead atoms. The number of amides is 2. The normalized spacial score (nSPS) is 20.2. The van der Waals surface area contributed by atoms with Crippen LogP contribution in [0, 0.1) is 18.8 Å². The van der Waals surface area contributed by atoms with E-state index in [0.717, 1.165) is 49.4 Å². The third-order valence-corrected chi connectivity index (χ3v) is 9.47. The molecule has 1 N–H and O–H groups in total. The van der Waals surface area contributed by atoms with Gasteiger partial charge in [0.25, 0.3) is 11.8 Å². The van der Waals surface area contributed by atoms with Crippen LogP contribution in [0.1, 0.15) is 86.8 Å². The number of thioether (sulfide) groups is 1. The average Bonchev–Trinajstić information content (AvgIpc) is 2.94. The van der Waals surface area contributed by atoms with Crippen molar-refractivity contribution in [2.75, 3.05) is 26.2 Å². The van der Waals surface area contributed by atoms with Crippen molar-refractivity contribution in [3.8, 4) is 0 Å². The van der Waals surface area contributed by atoms with Crippen LogP contribution in [0.15, 0.2) is 53.4 Å². The highest BCUT2D eigenvalue weighted by molar-refractivity contribution is 8.04. The lowest BCUT2D eigenvalue weighted by molar-refractivity contribution is -0.130. The molecule has 1 heterocycles. The number of aryl methyl sites for hydroxylation is 1. The van der Waals surface area contributed by atoms with Crippen LogP contribution in [0.3, 0.4) is 0 Å². The van der Waals surface area contributed by atoms with Gasteiger partial charge in [0.1, 0.15) is 0 Å². The zero-order valence-electron chi connectivity index (χ0n) is 25.7. The summed E-state index contributed by atoms with van der Waals surface area (Å²) in [7, 11) is 0. The fourth-order valence-electron chi connectivity index (χ4n) is 6.11. The van der Waals surface area contributed by atoms with Gasteiger partial charge in [0.15, 0.2) is 0 Å². The van der Waals surface area contributed by atoms with Gasteiger partial charge >= 0.3 is 0 Å². The third-order valence-electron chi connectivity index (χ3n) is 8.07. The lowest BCUT2D eigenvalue weighted by atomic mass is 9.92. The largest absolute Gasteiger partial charge is 0.352 e. The highest BCUT2D eigenvalue weighted by Crippen LogP contribution is 2.42. The van der Waals surface area contributed by atoms with Crippen LogP contribution in [0.2, 0.25) is 0 Å². The fourth-order valence-corrected chi connectivity index (χ4v) is 7.58. The number of rotatable bonds is 12. The van der Waals surface area contributed by atoms with E-state index in [1.165, 1.54) is 24.0 Å². The zero-order valence-corrected chi connectivity index (χ0v) is 26.5. The number of nitrogens with one attached hydrogen (secondary N) is 1. The van der Waals surface area contributed by atoms with Gasteiger partial charge in [-0.3, -0.25) is 9.59 Å². The minimum atomic E-state index is -0.0407. The predicted molar refractivity (Wildman–Crippen MR) is 173 cm³/mol. The van der Waals surface area contributed by atoms with Crippen molar-refractivity contribution < 1.29 is 9.59 Å². The van der Waals surface area contributed by atoms with E-state index in [1.54, 1.807) is 11.8 Å². The highest BCUT2D eigenvalue weighted by Gasteiger charge is 2.40. The first kappa shape index (κ1) is 31.4. The molecule has 2 aromatic carbocycles. The van der Waals surface area contributed by atoms with Crippen molar-refractivity contribution in [2.45, 2.75) is 84.6 Å². The van der Waals surface area contributed by atoms with E-state index in [4.69, 9.17) is 0 Å². The molecule has 2 aromatic rings. The van der Waals surface area contributed by atoms with Crippen LogP contribution in [0.5, 0.6) is 0 Å². The molecular formula is C35H49N3O2S. The highest BCUT2D eigenvalue weighted by atomic mass is 32.2. The van der Waals surface area contributed by atoms with Crippen LogP contribution in [0.4, 0.5) is 0 Å². The van der Waals surface area contributed by atoms with E-state index in [9.17, 15) is 9.59 Å². The summed E-state index contributed by atoms with van der Waals surface area (Å²) in [6, 6.07) is 16.3. The van der Waals surface area contributed by atoms with Gasteiger partial charge in [0.2, 0.25) is 0 Å². The van der Waals surface area contributed by atoms with Crippen LogP contribution in [0.25, 0.3) is 6.08 Å². The Bertz CT molecular complexity index is 1180. The van der Waals surface area contributed by atoms with Crippen molar-refractivity contribution in [1.82, 2.24) is 15.1 Å². The molecule has 1 saturated carbocycles. The van der Waals surface area contributed by atoms with E-state index in [1.807, 2.05) is 30.3 Å². The molecule has 2 fully saturated rings. The summed E-state index contributed by atoms with van der Waals surface area (Å²) in [6.45, 7) is 15.7. The predicted octanol–water partition coefficient (Wildman–Crippen LogP) is 7.16. The molecule has 1 aliphatic carbocycles. The van der Waals surface area contributed by atoms with Crippen LogP contribution in [-0.4, -0.2) is 59.1 Å². The van der Waals surface area contributed by atoms with Crippen LogP contribution >= 0.6 is 11.8 Å². The molecule has 1 aliphatic heterocycles. The Hall–Kier alpha value is -2.57. The van der Waals surface area contributed by atoms with Crippen molar-refractivity contribution in [3.05, 3.63) is 75.7 Å². The maximum Gasteiger partial charge on any atom is 0.260 e. The first-order valence-corrected chi connectivity index (χ1v) is 16.4. The van der Waals surface area contributed by atoms with Gasteiger partial charge in [-0.25, -0.2) is 0 Å². The summed E-state index contributed by atoms with van der Waals surface area (Å²) in [5.41, 5.74) is 4.07. The van der Waals surface area contributed by atoms with Gasteiger partial charge in [0.05, 0.1) is 4.91 Å². The van der Waals surface area contributed by atoms with Gasteiger partial charge in [-0.15, -0.1) is 11.8 Å². The Kier molecular flexibility index (Phi) is 11.5. The fraction of sp³-hybridized carbons (Fsp3) is 0.543. The molecule has 0 radical (unpaired) electrons. The molecule has 2 aliphatic rings. The molecule has 6 heteroatoms. The second-order valence-corrected chi connectivity index (χ2v) is 13.9. The van der Waals surface area contributed by atoms with Crippen molar-refractivity contribution in [1.29, 1.82) is 0 Å². The van der Waals surface area contributed by atoms with Crippen molar-refractivity contribution in [2.24, 2.45) is 11.8 Å². The zero-order chi connectivity index (χ0) is 29.4. The third kappa shape index (κ3) is 8.96. The maximum atomic E-state index is 13.8. The molecule has 2 atom stereocenters. The average molecular weight is 576 g/mol. The van der Waals surface area contributed by atoms with E-state index in [-0.39, 0.29) is 11.8 Å². The smallest absolute Gasteiger partial charge is 0.260 e. The SMILES string of the molecule is Cc1ccccc1CN1C(=O)/C(=C\c2ccc(C(=O)NCCCN(CC(C)C)CC(C)C)cc2)SC2CCCCC21. The number of fused-ring (bicyclic) bond motifs is 1. The lowest BCUT2D eigenvalue weighted by Crippen LogP contribution is -2.50. The van der Waals surface area contributed by atoms with Crippen LogP contribution < -0.4 is 5.32 Å². The quantitative estimate of drug-likeness (QED) is 0.216. The standard InChI is InChI=1S/C35H49N3O2S/c1-25(2)22-37(23-26(3)4)20-10-19-36-34(39)29-17-15-28(16-18-29)21-33-35(40)38(24-30-12-7-6-11-27(30)5)31-13-8-9-14-32(31)41-33/h6-7,11-12,15-18,21,25-26,31-32H,8-10,13-14,19-20,22-24H2,1-5H3,(H,36,39)/b33-21+. The summed E-state index contributed by atoms with van der Waals surface area (Å²) in [5, 5.41) is 3.53. The van der Waals surface area contributed by atoms with E-state index < -0.39 is 0 Å². The Balaban J connectivity index is 1.37. The summed E-state index contributed by atoms with van der Waals surface area (Å²) in [4.78, 5) is 32.0. The lowest BCUT2D eigenvalue weighted by Gasteiger charge is -2.44. The number of hydrogen-bond donors (Lipinski definition) is 1. The second kappa shape index (κ2) is 15.1. The van der Waals surface area contributed by atoms with Gasteiger partial charge in [0, 0.05) is 43.0 Å². The molecule has 2 amide bonds. The van der Waals surface area contributed by atoms with Crippen LogP contribution in [-0.2, 0) is 11.3 Å². The van der Waals surface area contributed by atoms with E-state index in [2.05, 4.69) is 74.0 Å². The summed E-state index contributed by atoms with van der Waals surface area (Å²) in [5.74, 6) is 1.37. The number of nitrogens with zero attached hydrogens (tertiary/aromatic N) is 2. The van der Waals surface area contributed by atoms with E-state index >= 15 is 0 Å². The first-order chi connectivity index (χ1) is 19.7. The summed E-state index contributed by atoms with van der Waals surface area (Å²) in [6.07, 6.45) is 7.61. The molecule has 0 spiro atoms. The van der Waals surface area contributed by atoms with Gasteiger partial charge in [-0.2, -0.15) is 0 Å². The number of carbonyl (C=O) groups is 2. The molecular weight excluding hydrogens is 526 g/mol. The molecule has 5 nitrogen and oxygen atoms in total. The Morgan fingerprint density at radius 1 is 1.02 bits per heavy atom. The minimum Gasteiger partial charge on any atom is -0.352 e. The topological polar surface area (TPSA) is 52.7 Å². The number of benzene rings is 2. The van der Waals surface area contributed by atoms with Crippen molar-refractivity contribution >= 4 is 29.7 Å². The molecule has 4 rings (SSSR count). The number of hydrogen-bond acceptors (Lipinski definition) is 4. The Morgan fingerprint density at radius 2 is 1.71 bits per heavy atom. The molecule has 222 valence electrons. The second-order valence-electron chi connectivity index (χ2n) is 12.7.